The van der Waals surface area contributed by atoms with Gasteiger partial charge in [0.2, 0.25) is 0 Å². The Labute approximate surface area is 108 Å². The van der Waals surface area contributed by atoms with Crippen molar-refractivity contribution in [1.29, 1.82) is 0 Å². The summed E-state index contributed by atoms with van der Waals surface area (Å²) in [5, 5.41) is 16.1. The maximum absolute atomic E-state index is 11.6. The van der Waals surface area contributed by atoms with Crippen molar-refractivity contribution in [1.82, 2.24) is 14.8 Å². The van der Waals surface area contributed by atoms with E-state index in [0.29, 0.717) is 11.2 Å². The van der Waals surface area contributed by atoms with Crippen molar-refractivity contribution in [3.63, 3.8) is 0 Å². The van der Waals surface area contributed by atoms with E-state index in [0.717, 1.165) is 31.4 Å². The van der Waals surface area contributed by atoms with Gasteiger partial charge in [-0.15, -0.1) is 5.10 Å². The van der Waals surface area contributed by atoms with Gasteiger partial charge in [-0.2, -0.15) is 0 Å². The maximum Gasteiger partial charge on any atom is 0.344 e. The molecular formula is C11H15N3O3S. The summed E-state index contributed by atoms with van der Waals surface area (Å²) in [6.45, 7) is 0. The van der Waals surface area contributed by atoms with Crippen molar-refractivity contribution in [2.45, 2.75) is 43.3 Å². The summed E-state index contributed by atoms with van der Waals surface area (Å²) < 4.78 is 1.71. The van der Waals surface area contributed by atoms with Crippen molar-refractivity contribution in [3.05, 3.63) is 10.5 Å². The lowest BCUT2D eigenvalue weighted by atomic mass is 10.1. The van der Waals surface area contributed by atoms with Gasteiger partial charge >= 0.3 is 11.7 Å². The van der Waals surface area contributed by atoms with E-state index >= 15 is 0 Å². The van der Waals surface area contributed by atoms with Crippen molar-refractivity contribution in [3.8, 4) is 0 Å². The van der Waals surface area contributed by atoms with Crippen molar-refractivity contribution in [2.24, 2.45) is 5.41 Å². The van der Waals surface area contributed by atoms with Crippen LogP contribution in [-0.4, -0.2) is 31.6 Å². The smallest absolute Gasteiger partial charge is 0.344 e. The normalized spacial score (nSPS) is 20.9. The Hall–Kier alpha value is -1.24. The second-order valence-electron chi connectivity index (χ2n) is 5.27. The van der Waals surface area contributed by atoms with Crippen molar-refractivity contribution >= 4 is 17.7 Å². The van der Waals surface area contributed by atoms with Gasteiger partial charge < -0.3 is 5.11 Å². The molecule has 1 heterocycles. The number of hydrogen-bond acceptors (Lipinski definition) is 4. The molecule has 0 saturated heterocycles. The SMILES string of the molecule is O=C(O)CC1(CSc2n[nH]c(=O)n2C2CC2)CC1. The first-order valence-corrected chi connectivity index (χ1v) is 7.10. The molecule has 2 N–H and O–H groups in total. The lowest BCUT2D eigenvalue weighted by Gasteiger charge is -2.11. The van der Waals surface area contributed by atoms with Crippen LogP contribution in [0.3, 0.4) is 0 Å². The molecular weight excluding hydrogens is 254 g/mol. The predicted octanol–water partition coefficient (Wildman–Crippen LogP) is 1.25. The number of rotatable bonds is 6. The minimum atomic E-state index is -0.741. The molecule has 18 heavy (non-hydrogen) atoms. The Morgan fingerprint density at radius 3 is 2.83 bits per heavy atom. The number of aromatic amines is 1. The first-order valence-electron chi connectivity index (χ1n) is 6.11. The number of carboxylic acids is 1. The first-order chi connectivity index (χ1) is 8.60. The topological polar surface area (TPSA) is 88.0 Å². The van der Waals surface area contributed by atoms with E-state index in [1.165, 1.54) is 11.8 Å². The molecule has 2 aliphatic carbocycles. The van der Waals surface area contributed by atoms with Crippen LogP contribution in [0.5, 0.6) is 0 Å². The average molecular weight is 269 g/mol. The quantitative estimate of drug-likeness (QED) is 0.759. The second kappa shape index (κ2) is 4.15. The van der Waals surface area contributed by atoms with Crippen LogP contribution < -0.4 is 5.69 Å². The molecule has 1 aromatic rings. The van der Waals surface area contributed by atoms with Crippen LogP contribution in [0.4, 0.5) is 0 Å². The molecule has 0 unspecified atom stereocenters. The summed E-state index contributed by atoms with van der Waals surface area (Å²) >= 11 is 1.50. The fourth-order valence-electron chi connectivity index (χ4n) is 2.13. The molecule has 3 rings (SSSR count). The number of H-pyrrole nitrogens is 1. The van der Waals surface area contributed by atoms with Gasteiger partial charge in [0.05, 0.1) is 6.42 Å². The zero-order valence-corrected chi connectivity index (χ0v) is 10.7. The minimum absolute atomic E-state index is 0.0696. The van der Waals surface area contributed by atoms with Crippen LogP contribution in [0.15, 0.2) is 9.95 Å². The molecule has 2 fully saturated rings. The summed E-state index contributed by atoms with van der Waals surface area (Å²) in [6, 6.07) is 0.299. The zero-order valence-electron chi connectivity index (χ0n) is 9.89. The fraction of sp³-hybridized carbons (Fsp3) is 0.727. The van der Waals surface area contributed by atoms with E-state index in [-0.39, 0.29) is 17.5 Å². The molecule has 0 bridgehead atoms. The van der Waals surface area contributed by atoms with E-state index in [1.54, 1.807) is 4.57 Å². The summed E-state index contributed by atoms with van der Waals surface area (Å²) in [4.78, 5) is 22.3. The molecule has 0 spiro atoms. The second-order valence-corrected chi connectivity index (χ2v) is 6.21. The molecule has 0 amide bonds. The summed E-state index contributed by atoms with van der Waals surface area (Å²) in [7, 11) is 0. The van der Waals surface area contributed by atoms with Gasteiger partial charge in [0, 0.05) is 11.8 Å². The van der Waals surface area contributed by atoms with Gasteiger partial charge in [-0.05, 0) is 31.1 Å². The van der Waals surface area contributed by atoms with Gasteiger partial charge in [0.25, 0.3) is 0 Å². The van der Waals surface area contributed by atoms with Crippen molar-refractivity contribution in [2.75, 3.05) is 5.75 Å². The fourth-order valence-corrected chi connectivity index (χ4v) is 3.44. The Balaban J connectivity index is 1.67. The Bertz CT molecular complexity index is 528. The average Bonchev–Trinajstić information content (AvgIpc) is 3.20. The maximum atomic E-state index is 11.6. The van der Waals surface area contributed by atoms with Crippen LogP contribution in [0.2, 0.25) is 0 Å². The summed E-state index contributed by atoms with van der Waals surface area (Å²) in [5.41, 5.74) is -0.219. The van der Waals surface area contributed by atoms with Crippen LogP contribution in [0, 0.1) is 5.41 Å². The Morgan fingerprint density at radius 2 is 2.28 bits per heavy atom. The highest BCUT2D eigenvalue weighted by molar-refractivity contribution is 7.99. The molecule has 0 radical (unpaired) electrons. The highest BCUT2D eigenvalue weighted by Crippen LogP contribution is 2.52. The van der Waals surface area contributed by atoms with Crippen LogP contribution in [0.1, 0.15) is 38.1 Å². The summed E-state index contributed by atoms with van der Waals surface area (Å²) in [5.74, 6) is -0.00855. The molecule has 0 aromatic carbocycles. The van der Waals surface area contributed by atoms with Gasteiger partial charge in [0.1, 0.15) is 0 Å². The van der Waals surface area contributed by atoms with Gasteiger partial charge in [-0.3, -0.25) is 9.36 Å². The van der Waals surface area contributed by atoms with Gasteiger partial charge in [-0.25, -0.2) is 9.89 Å². The van der Waals surface area contributed by atoms with Crippen molar-refractivity contribution < 1.29 is 9.90 Å². The highest BCUT2D eigenvalue weighted by Gasteiger charge is 2.44. The summed E-state index contributed by atoms with van der Waals surface area (Å²) in [6.07, 6.45) is 4.22. The number of nitrogens with one attached hydrogen (secondary N) is 1. The molecule has 98 valence electrons. The van der Waals surface area contributed by atoms with Gasteiger partial charge in [0.15, 0.2) is 5.16 Å². The molecule has 0 atom stereocenters. The number of aromatic nitrogens is 3. The number of thioether (sulfide) groups is 1. The number of carboxylic acid groups (broad SMARTS) is 1. The number of hydrogen-bond donors (Lipinski definition) is 2. The molecule has 6 nitrogen and oxygen atoms in total. The zero-order chi connectivity index (χ0) is 12.8. The van der Waals surface area contributed by atoms with E-state index in [9.17, 15) is 9.59 Å². The lowest BCUT2D eigenvalue weighted by molar-refractivity contribution is -0.138. The van der Waals surface area contributed by atoms with E-state index in [1.807, 2.05) is 0 Å². The van der Waals surface area contributed by atoms with Crippen LogP contribution in [-0.2, 0) is 4.79 Å². The van der Waals surface area contributed by atoms with E-state index < -0.39 is 5.97 Å². The number of nitrogens with zero attached hydrogens (tertiary/aromatic N) is 2. The van der Waals surface area contributed by atoms with Crippen LogP contribution >= 0.6 is 11.8 Å². The lowest BCUT2D eigenvalue weighted by Crippen LogP contribution is -2.17. The highest BCUT2D eigenvalue weighted by atomic mass is 32.2. The van der Waals surface area contributed by atoms with E-state index in [4.69, 9.17) is 5.11 Å². The Morgan fingerprint density at radius 1 is 1.56 bits per heavy atom. The molecule has 0 aliphatic heterocycles. The number of carbonyl (C=O) groups is 1. The third kappa shape index (κ3) is 2.31. The minimum Gasteiger partial charge on any atom is -0.481 e. The number of aliphatic carboxylic acids is 1. The monoisotopic (exact) mass is 269 g/mol. The third-order valence-corrected chi connectivity index (χ3v) is 4.88. The Kier molecular flexibility index (Phi) is 2.73. The largest absolute Gasteiger partial charge is 0.481 e. The predicted molar refractivity (Wildman–Crippen MR) is 65.8 cm³/mol. The molecule has 1 aromatic heterocycles. The van der Waals surface area contributed by atoms with Crippen LogP contribution in [0.25, 0.3) is 0 Å². The molecule has 2 aliphatic rings. The third-order valence-electron chi connectivity index (χ3n) is 3.57. The molecule has 7 heteroatoms. The van der Waals surface area contributed by atoms with Gasteiger partial charge in [-0.1, -0.05) is 11.8 Å². The first kappa shape index (κ1) is 11.8. The standard InChI is InChI=1S/C11H15N3O3S/c15-8(16)5-11(3-4-11)6-18-10-13-12-9(17)14(10)7-1-2-7/h7H,1-6H2,(H,12,17)(H,15,16). The van der Waals surface area contributed by atoms with E-state index in [2.05, 4.69) is 10.2 Å². The molecule has 2 saturated carbocycles.